The first-order valence-corrected chi connectivity index (χ1v) is 4.94. The van der Waals surface area contributed by atoms with Gasteiger partial charge in [0.1, 0.15) is 13.9 Å². The number of aliphatic hydroxyl groups is 3. The van der Waals surface area contributed by atoms with Crippen molar-refractivity contribution < 1.29 is 39.0 Å². The average molecular weight is 365 g/mol. The quantitative estimate of drug-likeness (QED) is 0.330. The van der Waals surface area contributed by atoms with E-state index in [4.69, 9.17) is 15.3 Å². The van der Waals surface area contributed by atoms with Crippen LogP contribution in [0.5, 0.6) is 0 Å². The van der Waals surface area contributed by atoms with Gasteiger partial charge in [0.25, 0.3) is 0 Å². The maximum absolute atomic E-state index is 10.5. The van der Waals surface area contributed by atoms with Crippen molar-refractivity contribution in [3.63, 3.8) is 0 Å². The van der Waals surface area contributed by atoms with Crippen LogP contribution in [0, 0.1) is 0 Å². The molecule has 0 saturated carbocycles. The van der Waals surface area contributed by atoms with Gasteiger partial charge in [0.2, 0.25) is 0 Å². The normalized spacial score (nSPS) is 15.0. The molecule has 0 aromatic heterocycles. The van der Waals surface area contributed by atoms with Crippen LogP contribution in [-0.2, 0) is 13.9 Å². The molecule has 0 saturated heterocycles. The number of aliphatic hydroxyl groups excluding tert-OH is 3. The molecule has 0 heterocycles. The fourth-order valence-corrected chi connectivity index (χ4v) is 0.914. The summed E-state index contributed by atoms with van der Waals surface area (Å²) in [6.07, 6.45) is -4.17. The van der Waals surface area contributed by atoms with Crippen molar-refractivity contribution in [2.24, 2.45) is 0 Å². The summed E-state index contributed by atoms with van der Waals surface area (Å²) in [4.78, 5) is 30.3. The Hall–Kier alpha value is 1.07. The molecule has 0 aromatic rings. The molecule has 0 aliphatic carbocycles. The summed E-state index contributed by atoms with van der Waals surface area (Å²) in [5.41, 5.74) is 0. The molecule has 3 N–H and O–H groups in total. The minimum Gasteiger partial charge on any atom is -0.780 e. The molecule has 0 unspecified atom stereocenters. The Morgan fingerprint density at radius 2 is 1.80 bits per heavy atom. The van der Waals surface area contributed by atoms with Gasteiger partial charge in [-0.2, -0.15) is 0 Å². The zero-order chi connectivity index (χ0) is 11.4. The van der Waals surface area contributed by atoms with Gasteiger partial charge in [0.05, 0.1) is 19.1 Å². The Bertz CT molecular complexity index is 239. The van der Waals surface area contributed by atoms with Crippen molar-refractivity contribution in [1.29, 1.82) is 0 Å². The second kappa shape index (κ2) is 8.20. The van der Waals surface area contributed by atoms with Gasteiger partial charge in [-0.1, -0.05) is 0 Å². The van der Waals surface area contributed by atoms with Gasteiger partial charge in [-0.3, -0.25) is 4.79 Å². The summed E-state index contributed by atoms with van der Waals surface area (Å²) >= 11 is 0. The molecule has 84 valence electrons. The van der Waals surface area contributed by atoms with Gasteiger partial charge in [-0.05, 0) is 0 Å². The summed E-state index contributed by atoms with van der Waals surface area (Å²) in [5, 5.41) is 25.9. The molecule has 8 nitrogen and oxygen atoms in total. The second-order valence-corrected chi connectivity index (χ2v) is 3.51. The molecule has 0 rings (SSSR count). The predicted octanol–water partition coefficient (Wildman–Crippen LogP) is -3.92. The number of carbonyl (C=O) groups excluding carboxylic acids is 1. The topological polar surface area (TPSA) is 150 Å². The van der Waals surface area contributed by atoms with Crippen LogP contribution < -0.4 is 9.79 Å². The van der Waals surface area contributed by atoms with Crippen LogP contribution >= 0.6 is 7.82 Å². The Labute approximate surface area is 126 Å². The van der Waals surface area contributed by atoms with Crippen LogP contribution in [-0.4, -0.2) is 89.0 Å². The van der Waals surface area contributed by atoms with E-state index >= 15 is 0 Å². The number of carbonyl (C=O) groups is 1. The van der Waals surface area contributed by atoms with E-state index in [1.165, 1.54) is 0 Å². The minimum absolute atomic E-state index is 0. The third kappa shape index (κ3) is 9.97. The van der Waals surface area contributed by atoms with Crippen molar-refractivity contribution in [3.05, 3.63) is 0 Å². The standard InChI is InChI=1S/C5H11O8P.Ba/c6-2-4(8)3(7)1-5(9)13-14(10,11)12;/h3-4,6-8H,1-2H2,(H2,10,11,12);/q;+2/p-2/t3-,4+;/m0./s1. The Morgan fingerprint density at radius 1 is 1.33 bits per heavy atom. The number of phosphoric ester groups is 1. The Kier molecular flexibility index (Phi) is 10.1. The molecule has 0 amide bonds. The fraction of sp³-hybridized carbons (Fsp3) is 0.800. The molecule has 0 fully saturated rings. The van der Waals surface area contributed by atoms with E-state index in [-0.39, 0.29) is 48.9 Å². The molecule has 0 radical (unpaired) electrons. The number of hydrogen-bond donors (Lipinski definition) is 3. The summed E-state index contributed by atoms with van der Waals surface area (Å²) < 4.78 is 13.3. The molecule has 10 heteroatoms. The van der Waals surface area contributed by atoms with Crippen LogP contribution in [0.2, 0.25) is 0 Å². The zero-order valence-electron chi connectivity index (χ0n) is 7.61. The molecule has 2 atom stereocenters. The van der Waals surface area contributed by atoms with E-state index in [0.717, 1.165) is 0 Å². The molecular weight excluding hydrogens is 356 g/mol. The molecule has 0 aliphatic rings. The van der Waals surface area contributed by atoms with E-state index in [2.05, 4.69) is 4.52 Å². The van der Waals surface area contributed by atoms with Gasteiger partial charge >= 0.3 is 54.9 Å². The largest absolute Gasteiger partial charge is 2.00 e. The average Bonchev–Trinajstić information content (AvgIpc) is 1.99. The van der Waals surface area contributed by atoms with E-state index in [1.54, 1.807) is 0 Å². The summed E-state index contributed by atoms with van der Waals surface area (Å²) in [7, 11) is -5.42. The first-order chi connectivity index (χ1) is 6.26. The first kappa shape index (κ1) is 18.4. The van der Waals surface area contributed by atoms with Crippen molar-refractivity contribution >= 4 is 62.7 Å². The maximum Gasteiger partial charge on any atom is 2.00 e. The summed E-state index contributed by atoms with van der Waals surface area (Å²) in [5.74, 6) is -1.49. The van der Waals surface area contributed by atoms with Crippen LogP contribution in [0.15, 0.2) is 0 Å². The van der Waals surface area contributed by atoms with Gasteiger partial charge in [-0.15, -0.1) is 0 Å². The predicted molar refractivity (Wildman–Crippen MR) is 43.2 cm³/mol. The van der Waals surface area contributed by atoms with Crippen molar-refractivity contribution in [2.45, 2.75) is 18.6 Å². The van der Waals surface area contributed by atoms with Gasteiger partial charge < -0.3 is 34.2 Å². The molecule has 0 aliphatic heterocycles. The fourth-order valence-electron chi connectivity index (χ4n) is 0.590. The van der Waals surface area contributed by atoms with Gasteiger partial charge in [0, 0.05) is 0 Å². The number of phosphoric acid groups is 1. The van der Waals surface area contributed by atoms with Gasteiger partial charge in [-0.25, -0.2) is 0 Å². The molecule has 0 spiro atoms. The van der Waals surface area contributed by atoms with E-state index in [0.29, 0.717) is 0 Å². The maximum atomic E-state index is 10.5. The third-order valence-corrected chi connectivity index (χ3v) is 1.65. The summed E-state index contributed by atoms with van der Waals surface area (Å²) in [6, 6.07) is 0. The minimum atomic E-state index is -5.42. The van der Waals surface area contributed by atoms with Crippen LogP contribution in [0.4, 0.5) is 0 Å². The van der Waals surface area contributed by atoms with Crippen molar-refractivity contribution in [2.75, 3.05) is 6.61 Å². The van der Waals surface area contributed by atoms with Crippen molar-refractivity contribution in [3.8, 4) is 0 Å². The molecule has 15 heavy (non-hydrogen) atoms. The molecule has 0 bridgehead atoms. The van der Waals surface area contributed by atoms with Crippen LogP contribution in [0.3, 0.4) is 0 Å². The van der Waals surface area contributed by atoms with E-state index in [1.807, 2.05) is 0 Å². The van der Waals surface area contributed by atoms with Gasteiger partial charge in [0.15, 0.2) is 0 Å². The van der Waals surface area contributed by atoms with Crippen LogP contribution in [0.25, 0.3) is 0 Å². The molecule has 0 aromatic carbocycles. The second-order valence-electron chi connectivity index (χ2n) is 2.43. The SMILES string of the molecule is O=C(C[C@H](O)[C@H](O)CO)OP(=O)([O-])[O-].[Ba+2]. The van der Waals surface area contributed by atoms with E-state index in [9.17, 15) is 19.1 Å². The number of rotatable bonds is 5. The first-order valence-electron chi connectivity index (χ1n) is 3.47. The Morgan fingerprint density at radius 3 is 2.13 bits per heavy atom. The van der Waals surface area contributed by atoms with E-state index < -0.39 is 39.0 Å². The summed E-state index contributed by atoms with van der Waals surface area (Å²) in [6.45, 7) is -0.805. The van der Waals surface area contributed by atoms with Crippen LogP contribution in [0.1, 0.15) is 6.42 Å². The Balaban J connectivity index is 0. The third-order valence-electron chi connectivity index (χ3n) is 1.22. The zero-order valence-corrected chi connectivity index (χ0v) is 12.9. The smallest absolute Gasteiger partial charge is 0.780 e. The monoisotopic (exact) mass is 366 g/mol. The van der Waals surface area contributed by atoms with Crippen molar-refractivity contribution in [1.82, 2.24) is 0 Å². The number of hydrogen-bond acceptors (Lipinski definition) is 8. The molecular formula is C5H9BaO8P.